The molecule has 0 aromatic heterocycles. The minimum atomic E-state index is 0.582. The Hall–Kier alpha value is -0.0800. The fraction of sp³-hybridized carbons (Fsp3) is 1.00. The Labute approximate surface area is 81.0 Å². The van der Waals surface area contributed by atoms with Crippen LogP contribution in [-0.4, -0.2) is 25.3 Å². The van der Waals surface area contributed by atoms with Crippen LogP contribution in [0.1, 0.15) is 39.0 Å². The van der Waals surface area contributed by atoms with Gasteiger partial charge in [-0.25, -0.2) is 0 Å². The summed E-state index contributed by atoms with van der Waals surface area (Å²) in [4.78, 5) is 0. The molecule has 2 nitrogen and oxygen atoms in total. The van der Waals surface area contributed by atoms with Gasteiger partial charge >= 0.3 is 0 Å². The van der Waals surface area contributed by atoms with Crippen LogP contribution in [0.5, 0.6) is 0 Å². The lowest BCUT2D eigenvalue weighted by Gasteiger charge is -2.08. The van der Waals surface area contributed by atoms with Crippen molar-refractivity contribution in [2.24, 2.45) is 5.92 Å². The molecule has 3 unspecified atom stereocenters. The molecule has 0 aromatic carbocycles. The van der Waals surface area contributed by atoms with E-state index in [9.17, 15) is 0 Å². The van der Waals surface area contributed by atoms with E-state index < -0.39 is 0 Å². The molecule has 1 heterocycles. The van der Waals surface area contributed by atoms with Crippen LogP contribution in [-0.2, 0) is 4.74 Å². The first kappa shape index (κ1) is 9.47. The summed E-state index contributed by atoms with van der Waals surface area (Å²) in [6, 6.07) is 0.837. The molecular weight excluding hydrogens is 162 g/mol. The zero-order chi connectivity index (χ0) is 9.10. The van der Waals surface area contributed by atoms with E-state index in [1.807, 2.05) is 0 Å². The lowest BCUT2D eigenvalue weighted by Crippen LogP contribution is -2.20. The molecule has 1 aliphatic heterocycles. The largest absolute Gasteiger partial charge is 0.378 e. The normalized spacial score (nSPS) is 38.1. The van der Waals surface area contributed by atoms with Gasteiger partial charge in [-0.15, -0.1) is 0 Å². The van der Waals surface area contributed by atoms with E-state index in [0.717, 1.165) is 18.6 Å². The third-order valence-corrected chi connectivity index (χ3v) is 3.24. The second kappa shape index (κ2) is 4.43. The fourth-order valence-corrected chi connectivity index (χ4v) is 2.10. The molecule has 1 saturated carbocycles. The van der Waals surface area contributed by atoms with E-state index in [0.29, 0.717) is 6.10 Å². The highest BCUT2D eigenvalue weighted by Gasteiger charge is 2.31. The molecule has 76 valence electrons. The van der Waals surface area contributed by atoms with Crippen LogP contribution in [0.2, 0.25) is 0 Å². The van der Waals surface area contributed by atoms with Gasteiger partial charge in [0.1, 0.15) is 0 Å². The Balaban J connectivity index is 1.44. The van der Waals surface area contributed by atoms with Gasteiger partial charge in [0.2, 0.25) is 0 Å². The predicted molar refractivity (Wildman–Crippen MR) is 53.8 cm³/mol. The smallest absolute Gasteiger partial charge is 0.0576 e. The summed E-state index contributed by atoms with van der Waals surface area (Å²) < 4.78 is 5.57. The van der Waals surface area contributed by atoms with E-state index in [-0.39, 0.29) is 0 Å². The molecule has 1 aliphatic carbocycles. The number of nitrogens with one attached hydrogen (secondary N) is 1. The van der Waals surface area contributed by atoms with Crippen LogP contribution >= 0.6 is 0 Å². The van der Waals surface area contributed by atoms with E-state index >= 15 is 0 Å². The highest BCUT2D eigenvalue weighted by atomic mass is 16.5. The summed E-state index contributed by atoms with van der Waals surface area (Å²) >= 11 is 0. The minimum Gasteiger partial charge on any atom is -0.378 e. The van der Waals surface area contributed by atoms with E-state index in [4.69, 9.17) is 4.74 Å². The zero-order valence-corrected chi connectivity index (χ0v) is 8.59. The quantitative estimate of drug-likeness (QED) is 0.658. The first-order valence-electron chi connectivity index (χ1n) is 5.71. The van der Waals surface area contributed by atoms with Crippen molar-refractivity contribution in [3.05, 3.63) is 0 Å². The average molecular weight is 183 g/mol. The number of hydrogen-bond acceptors (Lipinski definition) is 2. The van der Waals surface area contributed by atoms with Crippen molar-refractivity contribution in [2.45, 2.75) is 51.2 Å². The Morgan fingerprint density at radius 3 is 2.92 bits per heavy atom. The molecule has 1 N–H and O–H groups in total. The molecule has 3 atom stereocenters. The predicted octanol–water partition coefficient (Wildman–Crippen LogP) is 1.94. The Morgan fingerprint density at radius 1 is 1.46 bits per heavy atom. The standard InChI is InChI=1S/C11H21NO/c1-9-8-11(9)12-6-2-4-10-5-3-7-13-10/h9-12H,2-8H2,1H3. The summed E-state index contributed by atoms with van der Waals surface area (Å²) in [6.45, 7) is 4.50. The fourth-order valence-electron chi connectivity index (χ4n) is 2.10. The van der Waals surface area contributed by atoms with Crippen molar-refractivity contribution in [2.75, 3.05) is 13.2 Å². The molecule has 0 aromatic rings. The number of hydrogen-bond donors (Lipinski definition) is 1. The van der Waals surface area contributed by atoms with Gasteiger partial charge in [0, 0.05) is 12.6 Å². The summed E-state index contributed by atoms with van der Waals surface area (Å²) in [7, 11) is 0. The maximum atomic E-state index is 5.57. The van der Waals surface area contributed by atoms with Crippen molar-refractivity contribution >= 4 is 0 Å². The molecule has 1 saturated heterocycles. The van der Waals surface area contributed by atoms with Crippen LogP contribution in [0.3, 0.4) is 0 Å². The van der Waals surface area contributed by atoms with E-state index in [1.54, 1.807) is 0 Å². The lowest BCUT2D eigenvalue weighted by molar-refractivity contribution is 0.102. The Kier molecular flexibility index (Phi) is 3.23. The lowest BCUT2D eigenvalue weighted by atomic mass is 10.1. The van der Waals surface area contributed by atoms with E-state index in [1.165, 1.54) is 38.6 Å². The van der Waals surface area contributed by atoms with Crippen molar-refractivity contribution < 1.29 is 4.74 Å². The van der Waals surface area contributed by atoms with Gasteiger partial charge in [-0.1, -0.05) is 6.92 Å². The molecule has 0 radical (unpaired) electrons. The monoisotopic (exact) mass is 183 g/mol. The van der Waals surface area contributed by atoms with Gasteiger partial charge in [-0.05, 0) is 44.6 Å². The average Bonchev–Trinajstić information content (AvgIpc) is 2.67. The van der Waals surface area contributed by atoms with E-state index in [2.05, 4.69) is 12.2 Å². The Bertz CT molecular complexity index is 154. The van der Waals surface area contributed by atoms with Crippen LogP contribution in [0, 0.1) is 5.92 Å². The van der Waals surface area contributed by atoms with Gasteiger partial charge in [0.15, 0.2) is 0 Å². The van der Waals surface area contributed by atoms with Crippen molar-refractivity contribution in [3.63, 3.8) is 0 Å². The molecule has 2 aliphatic rings. The van der Waals surface area contributed by atoms with Gasteiger partial charge in [-0.3, -0.25) is 0 Å². The van der Waals surface area contributed by atoms with Crippen LogP contribution in [0.4, 0.5) is 0 Å². The maximum absolute atomic E-state index is 5.57. The first-order chi connectivity index (χ1) is 6.36. The maximum Gasteiger partial charge on any atom is 0.0576 e. The molecule has 0 bridgehead atoms. The highest BCUT2D eigenvalue weighted by molar-refractivity contribution is 4.89. The molecule has 0 amide bonds. The van der Waals surface area contributed by atoms with Crippen LogP contribution in [0.25, 0.3) is 0 Å². The second-order valence-electron chi connectivity index (χ2n) is 4.55. The van der Waals surface area contributed by atoms with Crippen molar-refractivity contribution in [1.29, 1.82) is 0 Å². The first-order valence-corrected chi connectivity index (χ1v) is 5.71. The highest BCUT2D eigenvalue weighted by Crippen LogP contribution is 2.28. The molecule has 2 fully saturated rings. The number of rotatable bonds is 5. The van der Waals surface area contributed by atoms with Crippen molar-refractivity contribution in [3.8, 4) is 0 Å². The van der Waals surface area contributed by atoms with Gasteiger partial charge in [0.25, 0.3) is 0 Å². The van der Waals surface area contributed by atoms with Gasteiger partial charge in [-0.2, -0.15) is 0 Å². The molecular formula is C11H21NO. The van der Waals surface area contributed by atoms with Crippen LogP contribution in [0.15, 0.2) is 0 Å². The van der Waals surface area contributed by atoms with Crippen LogP contribution < -0.4 is 5.32 Å². The topological polar surface area (TPSA) is 21.3 Å². The second-order valence-corrected chi connectivity index (χ2v) is 4.55. The summed E-state index contributed by atoms with van der Waals surface area (Å²) in [5.41, 5.74) is 0. The molecule has 2 heteroatoms. The zero-order valence-electron chi connectivity index (χ0n) is 8.59. The third-order valence-electron chi connectivity index (χ3n) is 3.24. The molecule has 13 heavy (non-hydrogen) atoms. The SMILES string of the molecule is CC1CC1NCCCC1CCCO1. The Morgan fingerprint density at radius 2 is 2.31 bits per heavy atom. The van der Waals surface area contributed by atoms with Gasteiger partial charge < -0.3 is 10.1 Å². The molecule has 2 rings (SSSR count). The van der Waals surface area contributed by atoms with Crippen molar-refractivity contribution in [1.82, 2.24) is 5.32 Å². The summed E-state index contributed by atoms with van der Waals surface area (Å²) in [6.07, 6.45) is 7.08. The number of ether oxygens (including phenoxy) is 1. The third kappa shape index (κ3) is 2.96. The summed E-state index contributed by atoms with van der Waals surface area (Å²) in [5.74, 6) is 0.933. The van der Waals surface area contributed by atoms with Gasteiger partial charge in [0.05, 0.1) is 6.10 Å². The minimum absolute atomic E-state index is 0.582. The molecule has 0 spiro atoms. The summed E-state index contributed by atoms with van der Waals surface area (Å²) in [5, 5.41) is 3.57.